The molecule has 1 aromatic rings. The first-order chi connectivity index (χ1) is 5.75. The molecule has 0 aliphatic carbocycles. The Morgan fingerprint density at radius 2 is 2.33 bits per heavy atom. The van der Waals surface area contributed by atoms with E-state index in [0.717, 1.165) is 10.0 Å². The van der Waals surface area contributed by atoms with Crippen LogP contribution in [0.2, 0.25) is 0 Å². The number of halogens is 1. The monoisotopic (exact) mass is 241 g/mol. The lowest BCUT2D eigenvalue weighted by molar-refractivity contribution is 1.06. The van der Waals surface area contributed by atoms with Crippen molar-refractivity contribution in [2.45, 2.75) is 13.5 Å². The summed E-state index contributed by atoms with van der Waals surface area (Å²) in [7, 11) is 0. The molecular formula is C9H8BrNS. The minimum Gasteiger partial charge on any atom is -0.228 e. The molecule has 12 heavy (non-hydrogen) atoms. The average molecular weight is 242 g/mol. The van der Waals surface area contributed by atoms with Gasteiger partial charge in [0.25, 0.3) is 0 Å². The van der Waals surface area contributed by atoms with Crippen LogP contribution in [0.1, 0.15) is 11.1 Å². The van der Waals surface area contributed by atoms with E-state index < -0.39 is 0 Å². The van der Waals surface area contributed by atoms with Crippen LogP contribution in [0.25, 0.3) is 0 Å². The number of thiocarbonyl (C=S) groups is 1. The standard InChI is InChI=1S/C9H8BrNS/c1-7-3-2-4-8(9(7)10)5-11-6-12/h2-4H,5H2,1H3. The van der Waals surface area contributed by atoms with Gasteiger partial charge in [0.05, 0.1) is 11.7 Å². The predicted octanol–water partition coefficient (Wildman–Crippen LogP) is 3.36. The van der Waals surface area contributed by atoms with Gasteiger partial charge >= 0.3 is 0 Å². The van der Waals surface area contributed by atoms with Crippen molar-refractivity contribution in [2.24, 2.45) is 4.99 Å². The molecule has 0 radical (unpaired) electrons. The van der Waals surface area contributed by atoms with Crippen LogP contribution in [-0.2, 0) is 6.54 Å². The molecule has 1 aromatic carbocycles. The zero-order chi connectivity index (χ0) is 8.97. The Morgan fingerprint density at radius 1 is 1.58 bits per heavy atom. The maximum Gasteiger partial charge on any atom is 0.0754 e. The number of rotatable bonds is 2. The highest BCUT2D eigenvalue weighted by atomic mass is 79.9. The first-order valence-corrected chi connectivity index (χ1v) is 4.73. The van der Waals surface area contributed by atoms with E-state index in [1.54, 1.807) is 0 Å². The van der Waals surface area contributed by atoms with Crippen LogP contribution in [0.3, 0.4) is 0 Å². The van der Waals surface area contributed by atoms with E-state index in [9.17, 15) is 0 Å². The lowest BCUT2D eigenvalue weighted by Crippen LogP contribution is -1.85. The number of benzene rings is 1. The Balaban J connectivity index is 2.99. The number of hydrogen-bond donors (Lipinski definition) is 0. The molecule has 0 atom stereocenters. The summed E-state index contributed by atoms with van der Waals surface area (Å²) < 4.78 is 1.11. The summed E-state index contributed by atoms with van der Waals surface area (Å²) in [6.07, 6.45) is 0. The zero-order valence-corrected chi connectivity index (χ0v) is 9.08. The fourth-order valence-electron chi connectivity index (χ4n) is 0.948. The van der Waals surface area contributed by atoms with Gasteiger partial charge < -0.3 is 0 Å². The number of nitrogens with zero attached hydrogens (tertiary/aromatic N) is 1. The summed E-state index contributed by atoms with van der Waals surface area (Å²) in [5, 5.41) is 2.35. The Bertz CT molecular complexity index is 329. The minimum atomic E-state index is 0.603. The molecule has 0 bridgehead atoms. The van der Waals surface area contributed by atoms with E-state index in [1.807, 2.05) is 12.1 Å². The topological polar surface area (TPSA) is 12.4 Å². The number of aliphatic imine (C=N–C) groups is 1. The molecule has 0 unspecified atom stereocenters. The molecule has 0 heterocycles. The molecule has 0 spiro atoms. The largest absolute Gasteiger partial charge is 0.228 e. The van der Waals surface area contributed by atoms with Gasteiger partial charge in [0.15, 0.2) is 0 Å². The van der Waals surface area contributed by atoms with Crippen molar-refractivity contribution in [3.8, 4) is 0 Å². The van der Waals surface area contributed by atoms with E-state index in [4.69, 9.17) is 0 Å². The molecular weight excluding hydrogens is 234 g/mol. The molecule has 1 nitrogen and oxygen atoms in total. The SMILES string of the molecule is Cc1cccc(CN=C=S)c1Br. The highest BCUT2D eigenvalue weighted by Crippen LogP contribution is 2.21. The molecule has 0 amide bonds. The third-order valence-corrected chi connectivity index (χ3v) is 2.85. The first kappa shape index (κ1) is 9.59. The van der Waals surface area contributed by atoms with Crippen LogP contribution in [0.15, 0.2) is 27.7 Å². The normalized spacial score (nSPS) is 9.17. The van der Waals surface area contributed by atoms with Crippen molar-refractivity contribution in [3.63, 3.8) is 0 Å². The summed E-state index contributed by atoms with van der Waals surface area (Å²) in [5.41, 5.74) is 2.36. The van der Waals surface area contributed by atoms with E-state index in [0.29, 0.717) is 6.54 Å². The van der Waals surface area contributed by atoms with Gasteiger partial charge in [-0.1, -0.05) is 34.1 Å². The van der Waals surface area contributed by atoms with E-state index in [1.165, 1.54) is 5.56 Å². The molecule has 62 valence electrons. The molecule has 0 N–H and O–H groups in total. The van der Waals surface area contributed by atoms with Crippen molar-refractivity contribution in [2.75, 3.05) is 0 Å². The summed E-state index contributed by atoms with van der Waals surface area (Å²) in [5.74, 6) is 0. The lowest BCUT2D eigenvalue weighted by atomic mass is 10.1. The summed E-state index contributed by atoms with van der Waals surface area (Å²) >= 11 is 7.98. The number of aryl methyl sites for hydroxylation is 1. The second kappa shape index (κ2) is 4.51. The molecule has 0 aromatic heterocycles. The Labute approximate surface area is 85.6 Å². The van der Waals surface area contributed by atoms with Gasteiger partial charge in [-0.3, -0.25) is 0 Å². The Hall–Kier alpha value is -0.500. The van der Waals surface area contributed by atoms with Crippen molar-refractivity contribution in [3.05, 3.63) is 33.8 Å². The quantitative estimate of drug-likeness (QED) is 0.572. The second-order valence-electron chi connectivity index (χ2n) is 2.46. The summed E-state index contributed by atoms with van der Waals surface area (Å²) in [6, 6.07) is 6.08. The third-order valence-electron chi connectivity index (χ3n) is 1.59. The number of hydrogen-bond acceptors (Lipinski definition) is 2. The molecule has 0 aliphatic heterocycles. The minimum absolute atomic E-state index is 0.603. The lowest BCUT2D eigenvalue weighted by Gasteiger charge is -2.02. The fraction of sp³-hybridized carbons (Fsp3) is 0.222. The van der Waals surface area contributed by atoms with Gasteiger partial charge in [0.1, 0.15) is 0 Å². The maximum absolute atomic E-state index is 4.50. The van der Waals surface area contributed by atoms with Crippen LogP contribution >= 0.6 is 28.1 Å². The first-order valence-electron chi connectivity index (χ1n) is 3.53. The van der Waals surface area contributed by atoms with Crippen molar-refractivity contribution in [1.29, 1.82) is 0 Å². The molecule has 3 heteroatoms. The fourth-order valence-corrected chi connectivity index (χ4v) is 1.40. The molecule has 0 saturated heterocycles. The van der Waals surface area contributed by atoms with Gasteiger partial charge in [0.2, 0.25) is 0 Å². The van der Waals surface area contributed by atoms with Crippen molar-refractivity contribution in [1.82, 2.24) is 0 Å². The van der Waals surface area contributed by atoms with E-state index in [-0.39, 0.29) is 0 Å². The Kier molecular flexibility index (Phi) is 3.60. The van der Waals surface area contributed by atoms with Crippen LogP contribution in [0, 0.1) is 6.92 Å². The molecule has 0 fully saturated rings. The van der Waals surface area contributed by atoms with Gasteiger partial charge in [-0.05, 0) is 30.3 Å². The van der Waals surface area contributed by atoms with E-state index in [2.05, 4.69) is 51.3 Å². The summed E-state index contributed by atoms with van der Waals surface area (Å²) in [4.78, 5) is 3.88. The number of isothiocyanates is 1. The van der Waals surface area contributed by atoms with Crippen LogP contribution in [0.5, 0.6) is 0 Å². The van der Waals surface area contributed by atoms with Gasteiger partial charge in [0, 0.05) is 4.47 Å². The molecule has 0 saturated carbocycles. The highest BCUT2D eigenvalue weighted by Gasteiger charge is 1.99. The highest BCUT2D eigenvalue weighted by molar-refractivity contribution is 9.10. The second-order valence-corrected chi connectivity index (χ2v) is 3.43. The summed E-state index contributed by atoms with van der Waals surface area (Å²) in [6.45, 7) is 2.65. The molecule has 0 aliphatic rings. The smallest absolute Gasteiger partial charge is 0.0754 e. The Morgan fingerprint density at radius 3 is 3.00 bits per heavy atom. The maximum atomic E-state index is 4.50. The zero-order valence-electron chi connectivity index (χ0n) is 6.67. The van der Waals surface area contributed by atoms with E-state index >= 15 is 0 Å². The van der Waals surface area contributed by atoms with Crippen LogP contribution in [0.4, 0.5) is 0 Å². The van der Waals surface area contributed by atoms with Crippen LogP contribution in [-0.4, -0.2) is 5.16 Å². The predicted molar refractivity (Wildman–Crippen MR) is 57.6 cm³/mol. The van der Waals surface area contributed by atoms with Gasteiger partial charge in [-0.2, -0.15) is 0 Å². The van der Waals surface area contributed by atoms with Crippen molar-refractivity contribution >= 4 is 33.3 Å². The van der Waals surface area contributed by atoms with Crippen LogP contribution < -0.4 is 0 Å². The average Bonchev–Trinajstić information content (AvgIpc) is 2.08. The molecule has 1 rings (SSSR count). The van der Waals surface area contributed by atoms with Gasteiger partial charge in [-0.25, -0.2) is 4.99 Å². The van der Waals surface area contributed by atoms with Crippen molar-refractivity contribution < 1.29 is 0 Å². The van der Waals surface area contributed by atoms with Gasteiger partial charge in [-0.15, -0.1) is 0 Å². The third kappa shape index (κ3) is 2.24.